The molecule has 0 aromatic rings. The number of hydrogen-bond donors (Lipinski definition) is 0. The van der Waals surface area contributed by atoms with Crippen molar-refractivity contribution in [2.45, 2.75) is 142 Å². The molecule has 166 valence electrons. The molecule has 28 heavy (non-hydrogen) atoms. The predicted octanol–water partition coefficient (Wildman–Crippen LogP) is 8.77. The van der Waals surface area contributed by atoms with Crippen LogP contribution in [0.1, 0.15) is 142 Å². The normalized spacial score (nSPS) is 10.6. The van der Waals surface area contributed by atoms with E-state index in [9.17, 15) is 9.59 Å². The molecule has 0 aromatic heterocycles. The standard InChI is InChI=1S/C14H26O.C12H24O/c1-2-3-4-5-6-7-8-9-10-11-12-13-14-15;1-2-3-4-5-6-7-8-9-10-11-12-13/h12-14H,2-11H2,1H3;12H,2-11H2,1H3. The molecule has 0 saturated carbocycles. The average molecular weight is 395 g/mol. The summed E-state index contributed by atoms with van der Waals surface area (Å²) < 4.78 is 0. The Morgan fingerprint density at radius 2 is 0.821 bits per heavy atom. The summed E-state index contributed by atoms with van der Waals surface area (Å²) in [6.45, 7) is 4.51. The van der Waals surface area contributed by atoms with Gasteiger partial charge in [-0.3, -0.25) is 4.79 Å². The fourth-order valence-corrected chi connectivity index (χ4v) is 3.26. The SMILES string of the molecule is CCCCCCCCCCCC=CC=O.CCCCCCCCCCCC=O. The van der Waals surface area contributed by atoms with Gasteiger partial charge < -0.3 is 4.79 Å². The maximum Gasteiger partial charge on any atom is 0.142 e. The van der Waals surface area contributed by atoms with Gasteiger partial charge in [0.1, 0.15) is 12.6 Å². The van der Waals surface area contributed by atoms with E-state index in [1.807, 2.05) is 6.08 Å². The first-order chi connectivity index (χ1) is 13.8. The fourth-order valence-electron chi connectivity index (χ4n) is 3.26. The number of carbonyl (C=O) groups is 2. The second-order valence-corrected chi connectivity index (χ2v) is 7.97. The van der Waals surface area contributed by atoms with Crippen LogP contribution in [0, 0.1) is 0 Å². The van der Waals surface area contributed by atoms with Crippen LogP contribution in [-0.4, -0.2) is 12.6 Å². The summed E-state index contributed by atoms with van der Waals surface area (Å²) in [4.78, 5) is 20.0. The number of unbranched alkanes of at least 4 members (excludes halogenated alkanes) is 18. The largest absolute Gasteiger partial charge is 0.303 e. The summed E-state index contributed by atoms with van der Waals surface area (Å²) in [5.74, 6) is 0. The van der Waals surface area contributed by atoms with Gasteiger partial charge in [0.25, 0.3) is 0 Å². The van der Waals surface area contributed by atoms with Crippen molar-refractivity contribution >= 4 is 12.6 Å². The Kier molecular flexibility index (Phi) is 32.2. The molecule has 0 aliphatic carbocycles. The molecular weight excluding hydrogens is 344 g/mol. The topological polar surface area (TPSA) is 34.1 Å². The van der Waals surface area contributed by atoms with Crippen molar-refractivity contribution in [3.05, 3.63) is 12.2 Å². The highest BCUT2D eigenvalue weighted by Crippen LogP contribution is 2.11. The van der Waals surface area contributed by atoms with E-state index in [1.165, 1.54) is 109 Å². The maximum atomic E-state index is 10.0. The number of carbonyl (C=O) groups excluding carboxylic acids is 2. The number of aldehydes is 2. The van der Waals surface area contributed by atoms with Crippen LogP contribution in [0.5, 0.6) is 0 Å². The predicted molar refractivity (Wildman–Crippen MR) is 125 cm³/mol. The van der Waals surface area contributed by atoms with E-state index in [1.54, 1.807) is 6.08 Å². The van der Waals surface area contributed by atoms with Crippen molar-refractivity contribution in [3.63, 3.8) is 0 Å². The van der Waals surface area contributed by atoms with Crippen molar-refractivity contribution in [1.29, 1.82) is 0 Å². The molecule has 0 bridgehead atoms. The Labute approximate surface area is 177 Å². The summed E-state index contributed by atoms with van der Waals surface area (Å²) in [5.41, 5.74) is 0. The Morgan fingerprint density at radius 1 is 0.464 bits per heavy atom. The Balaban J connectivity index is 0. The third-order valence-corrected chi connectivity index (χ3v) is 5.11. The zero-order chi connectivity index (χ0) is 21.0. The van der Waals surface area contributed by atoms with Crippen LogP contribution in [-0.2, 0) is 9.59 Å². The minimum Gasteiger partial charge on any atom is -0.303 e. The molecular formula is C26H50O2. The Hall–Kier alpha value is -0.920. The van der Waals surface area contributed by atoms with Gasteiger partial charge in [-0.05, 0) is 25.3 Å². The highest BCUT2D eigenvalue weighted by Gasteiger charge is 1.92. The molecule has 0 N–H and O–H groups in total. The van der Waals surface area contributed by atoms with Crippen molar-refractivity contribution < 1.29 is 9.59 Å². The van der Waals surface area contributed by atoms with Gasteiger partial charge in [0.2, 0.25) is 0 Å². The lowest BCUT2D eigenvalue weighted by atomic mass is 10.1. The molecule has 0 saturated heterocycles. The van der Waals surface area contributed by atoms with Gasteiger partial charge in [0.05, 0.1) is 0 Å². The molecule has 2 nitrogen and oxygen atoms in total. The van der Waals surface area contributed by atoms with E-state index in [4.69, 9.17) is 0 Å². The highest BCUT2D eigenvalue weighted by atomic mass is 16.1. The lowest BCUT2D eigenvalue weighted by molar-refractivity contribution is -0.108. The van der Waals surface area contributed by atoms with Gasteiger partial charge >= 0.3 is 0 Å². The van der Waals surface area contributed by atoms with Gasteiger partial charge in [-0.15, -0.1) is 0 Å². The van der Waals surface area contributed by atoms with E-state index < -0.39 is 0 Å². The first kappa shape index (κ1) is 29.3. The van der Waals surface area contributed by atoms with Crippen LogP contribution in [0.15, 0.2) is 12.2 Å². The molecule has 0 aliphatic rings. The molecule has 0 radical (unpaired) electrons. The third-order valence-electron chi connectivity index (χ3n) is 5.11. The second-order valence-electron chi connectivity index (χ2n) is 7.97. The summed E-state index contributed by atoms with van der Waals surface area (Å²) in [6.07, 6.45) is 31.5. The molecule has 2 heteroatoms. The average Bonchev–Trinajstić information content (AvgIpc) is 2.71. The first-order valence-corrected chi connectivity index (χ1v) is 12.4. The van der Waals surface area contributed by atoms with Crippen LogP contribution < -0.4 is 0 Å². The van der Waals surface area contributed by atoms with Gasteiger partial charge in [0, 0.05) is 6.42 Å². The third kappa shape index (κ3) is 32.7. The molecule has 0 amide bonds. The van der Waals surface area contributed by atoms with Crippen LogP contribution in [0.3, 0.4) is 0 Å². The molecule has 0 heterocycles. The van der Waals surface area contributed by atoms with E-state index in [-0.39, 0.29) is 0 Å². The van der Waals surface area contributed by atoms with Crippen LogP contribution in [0.4, 0.5) is 0 Å². The van der Waals surface area contributed by atoms with Gasteiger partial charge in [0.15, 0.2) is 0 Å². The van der Waals surface area contributed by atoms with E-state index in [2.05, 4.69) is 13.8 Å². The summed E-state index contributed by atoms with van der Waals surface area (Å²) in [7, 11) is 0. The van der Waals surface area contributed by atoms with E-state index in [0.29, 0.717) is 0 Å². The monoisotopic (exact) mass is 394 g/mol. The number of rotatable bonds is 21. The zero-order valence-corrected chi connectivity index (χ0v) is 19.3. The van der Waals surface area contributed by atoms with Crippen molar-refractivity contribution in [2.24, 2.45) is 0 Å². The lowest BCUT2D eigenvalue weighted by Gasteiger charge is -2.00. The van der Waals surface area contributed by atoms with Crippen LogP contribution >= 0.6 is 0 Å². The van der Waals surface area contributed by atoms with Gasteiger partial charge in [-0.1, -0.05) is 123 Å². The summed E-state index contributed by atoms with van der Waals surface area (Å²) in [6, 6.07) is 0. The van der Waals surface area contributed by atoms with Crippen LogP contribution in [0.25, 0.3) is 0 Å². The molecule has 0 aromatic carbocycles. The van der Waals surface area contributed by atoms with Crippen LogP contribution in [0.2, 0.25) is 0 Å². The highest BCUT2D eigenvalue weighted by molar-refractivity contribution is 5.64. The minimum atomic E-state index is 0.760. The molecule has 0 fully saturated rings. The van der Waals surface area contributed by atoms with Crippen molar-refractivity contribution in [2.75, 3.05) is 0 Å². The number of hydrogen-bond acceptors (Lipinski definition) is 2. The maximum absolute atomic E-state index is 10.0. The molecule has 0 spiro atoms. The quantitative estimate of drug-likeness (QED) is 0.111. The van der Waals surface area contributed by atoms with Gasteiger partial charge in [-0.25, -0.2) is 0 Å². The first-order valence-electron chi connectivity index (χ1n) is 12.4. The second kappa shape index (κ2) is 30.8. The lowest BCUT2D eigenvalue weighted by Crippen LogP contribution is -1.81. The molecule has 0 rings (SSSR count). The van der Waals surface area contributed by atoms with E-state index >= 15 is 0 Å². The smallest absolute Gasteiger partial charge is 0.142 e. The number of allylic oxidation sites excluding steroid dienone is 2. The molecule has 0 atom stereocenters. The molecule has 0 unspecified atom stereocenters. The summed E-state index contributed by atoms with van der Waals surface area (Å²) >= 11 is 0. The Bertz CT molecular complexity index is 310. The van der Waals surface area contributed by atoms with E-state index in [0.717, 1.165) is 31.8 Å². The molecule has 0 aliphatic heterocycles. The van der Waals surface area contributed by atoms with Crippen molar-refractivity contribution in [1.82, 2.24) is 0 Å². The minimum absolute atomic E-state index is 0.760. The Morgan fingerprint density at radius 3 is 1.18 bits per heavy atom. The zero-order valence-electron chi connectivity index (χ0n) is 19.3. The van der Waals surface area contributed by atoms with Gasteiger partial charge in [-0.2, -0.15) is 0 Å². The fraction of sp³-hybridized carbons (Fsp3) is 0.846. The summed E-state index contributed by atoms with van der Waals surface area (Å²) in [5, 5.41) is 0. The van der Waals surface area contributed by atoms with Crippen molar-refractivity contribution in [3.8, 4) is 0 Å².